The smallest absolute Gasteiger partial charge is 0.0186 e. The van der Waals surface area contributed by atoms with Gasteiger partial charge in [0.1, 0.15) is 0 Å². The molecule has 0 saturated carbocycles. The molecule has 0 aromatic heterocycles. The van der Waals surface area contributed by atoms with E-state index < -0.39 is 0 Å². The summed E-state index contributed by atoms with van der Waals surface area (Å²) in [6.07, 6.45) is 6.04. The Morgan fingerprint density at radius 2 is 1.65 bits per heavy atom. The van der Waals surface area contributed by atoms with E-state index in [9.17, 15) is 0 Å². The van der Waals surface area contributed by atoms with Gasteiger partial charge >= 0.3 is 0 Å². The Morgan fingerprint density at radius 1 is 1.24 bits per heavy atom. The van der Waals surface area contributed by atoms with Crippen LogP contribution in [0.3, 0.4) is 0 Å². The first kappa shape index (κ1) is 18.8. The van der Waals surface area contributed by atoms with Gasteiger partial charge in [-0.2, -0.15) is 0 Å². The molecule has 0 saturated heterocycles. The fourth-order valence-corrected chi connectivity index (χ4v) is 1.52. The molecule has 0 aromatic carbocycles. The van der Waals surface area contributed by atoms with Gasteiger partial charge in [-0.25, -0.2) is 0 Å². The summed E-state index contributed by atoms with van der Waals surface area (Å²) in [5.41, 5.74) is 3.13. The van der Waals surface area contributed by atoms with Crippen LogP contribution in [0.1, 0.15) is 74.7 Å². The third-order valence-electron chi connectivity index (χ3n) is 3.66. The predicted octanol–water partition coefficient (Wildman–Crippen LogP) is 6.39. The molecule has 0 bridgehead atoms. The largest absolute Gasteiger partial charge is 0.0999 e. The molecule has 0 aromatic rings. The molecule has 0 heteroatoms. The minimum Gasteiger partial charge on any atom is -0.0999 e. The van der Waals surface area contributed by atoms with Gasteiger partial charge in [-0.15, -0.1) is 0 Å². The molecule has 0 aliphatic carbocycles. The molecule has 0 nitrogen and oxygen atoms in total. The second-order valence-electron chi connectivity index (χ2n) is 6.03. The van der Waals surface area contributed by atoms with E-state index in [2.05, 4.69) is 61.1 Å². The lowest BCUT2D eigenvalue weighted by molar-refractivity contribution is 0.237. The molecule has 0 heterocycles. The third kappa shape index (κ3) is 10.4. The van der Waals surface area contributed by atoms with E-state index in [0.717, 1.165) is 0 Å². The highest BCUT2D eigenvalue weighted by Gasteiger charge is 2.25. The van der Waals surface area contributed by atoms with Crippen molar-refractivity contribution in [1.29, 1.82) is 0 Å². The van der Waals surface area contributed by atoms with Crippen LogP contribution in [0.15, 0.2) is 23.8 Å². The maximum Gasteiger partial charge on any atom is -0.0186 e. The van der Waals surface area contributed by atoms with Gasteiger partial charge in [-0.3, -0.25) is 0 Å². The van der Waals surface area contributed by atoms with Crippen LogP contribution in [0.2, 0.25) is 0 Å². The van der Waals surface area contributed by atoms with Crippen molar-refractivity contribution in [3.05, 3.63) is 23.8 Å². The van der Waals surface area contributed by atoms with Crippen molar-refractivity contribution >= 4 is 0 Å². The molecular formula is C17H34. The topological polar surface area (TPSA) is 0 Å². The van der Waals surface area contributed by atoms with Crippen LogP contribution in [0.25, 0.3) is 0 Å². The van der Waals surface area contributed by atoms with Crippen molar-refractivity contribution in [2.45, 2.75) is 74.7 Å². The molecule has 102 valence electrons. The van der Waals surface area contributed by atoms with Crippen LogP contribution in [-0.4, -0.2) is 0 Å². The molecule has 0 spiro atoms. The molecule has 0 fully saturated rings. The fraction of sp³-hybridized carbons (Fsp3) is 0.765. The Labute approximate surface area is 110 Å². The molecule has 0 amide bonds. The summed E-state index contributed by atoms with van der Waals surface area (Å²) < 4.78 is 0. The van der Waals surface area contributed by atoms with Crippen LogP contribution >= 0.6 is 0 Å². The van der Waals surface area contributed by atoms with E-state index in [1.165, 1.54) is 30.4 Å². The van der Waals surface area contributed by atoms with Gasteiger partial charge in [0.15, 0.2) is 0 Å². The standard InChI is InChI=1S/C12H24.C5H10/c1-7-8-9-12(5,6)11(4)10(2)3;1-4-5(2)3/h11H,2,7-9H2,1,3-6H3;4H,1-3H3. The zero-order chi connectivity index (χ0) is 14.1. The maximum absolute atomic E-state index is 4.03. The van der Waals surface area contributed by atoms with Crippen LogP contribution in [0.5, 0.6) is 0 Å². The van der Waals surface area contributed by atoms with E-state index >= 15 is 0 Å². The molecule has 1 unspecified atom stereocenters. The Hall–Kier alpha value is -0.520. The number of rotatable bonds is 5. The van der Waals surface area contributed by atoms with Gasteiger partial charge in [-0.1, -0.05) is 64.3 Å². The minimum absolute atomic E-state index is 0.432. The second-order valence-corrected chi connectivity index (χ2v) is 6.03. The molecule has 17 heavy (non-hydrogen) atoms. The number of hydrogen-bond acceptors (Lipinski definition) is 0. The summed E-state index contributed by atoms with van der Waals surface area (Å²) in [6.45, 7) is 21.6. The maximum atomic E-state index is 4.03. The lowest BCUT2D eigenvalue weighted by atomic mass is 9.73. The van der Waals surface area contributed by atoms with Crippen molar-refractivity contribution in [1.82, 2.24) is 0 Å². The van der Waals surface area contributed by atoms with E-state index in [4.69, 9.17) is 0 Å². The zero-order valence-electron chi connectivity index (χ0n) is 13.5. The van der Waals surface area contributed by atoms with Crippen molar-refractivity contribution < 1.29 is 0 Å². The first-order chi connectivity index (χ1) is 7.68. The molecule has 0 radical (unpaired) electrons. The van der Waals surface area contributed by atoms with Gasteiger partial charge in [0.05, 0.1) is 0 Å². The zero-order valence-corrected chi connectivity index (χ0v) is 13.5. The summed E-state index contributed by atoms with van der Waals surface area (Å²) in [6, 6.07) is 0. The summed E-state index contributed by atoms with van der Waals surface area (Å²) in [5.74, 6) is 0.643. The van der Waals surface area contributed by atoms with Gasteiger partial charge in [0.25, 0.3) is 0 Å². The lowest BCUT2D eigenvalue weighted by Gasteiger charge is -2.32. The first-order valence-electron chi connectivity index (χ1n) is 6.93. The number of allylic oxidation sites excluding steroid dienone is 3. The van der Waals surface area contributed by atoms with Crippen molar-refractivity contribution in [2.75, 3.05) is 0 Å². The van der Waals surface area contributed by atoms with Crippen LogP contribution in [-0.2, 0) is 0 Å². The highest BCUT2D eigenvalue weighted by Crippen LogP contribution is 2.35. The molecule has 0 rings (SSSR count). The Balaban J connectivity index is 0. The number of hydrogen-bond donors (Lipinski definition) is 0. The van der Waals surface area contributed by atoms with Crippen molar-refractivity contribution in [2.24, 2.45) is 11.3 Å². The van der Waals surface area contributed by atoms with E-state index in [-0.39, 0.29) is 0 Å². The predicted molar refractivity (Wildman–Crippen MR) is 82.4 cm³/mol. The van der Waals surface area contributed by atoms with E-state index in [1.54, 1.807) is 0 Å². The first-order valence-corrected chi connectivity index (χ1v) is 6.93. The van der Waals surface area contributed by atoms with Gasteiger partial charge < -0.3 is 0 Å². The average molecular weight is 238 g/mol. The van der Waals surface area contributed by atoms with Gasteiger partial charge in [0, 0.05) is 0 Å². The number of unbranched alkanes of at least 4 members (excludes halogenated alkanes) is 1. The Kier molecular flexibility index (Phi) is 10.5. The summed E-state index contributed by atoms with van der Waals surface area (Å²) in [4.78, 5) is 0. The third-order valence-corrected chi connectivity index (χ3v) is 3.66. The van der Waals surface area contributed by atoms with Crippen LogP contribution in [0.4, 0.5) is 0 Å². The van der Waals surface area contributed by atoms with Crippen molar-refractivity contribution in [3.8, 4) is 0 Å². The summed E-state index contributed by atoms with van der Waals surface area (Å²) in [5, 5.41) is 0. The molecule has 0 N–H and O–H groups in total. The van der Waals surface area contributed by atoms with Crippen LogP contribution < -0.4 is 0 Å². The normalized spacial score (nSPS) is 12.2. The Morgan fingerprint density at radius 3 is 1.88 bits per heavy atom. The Bertz CT molecular complexity index is 226. The molecule has 0 aliphatic rings. The van der Waals surface area contributed by atoms with Gasteiger partial charge in [0.2, 0.25) is 0 Å². The summed E-state index contributed by atoms with van der Waals surface area (Å²) >= 11 is 0. The van der Waals surface area contributed by atoms with Gasteiger partial charge in [-0.05, 0) is 45.4 Å². The highest BCUT2D eigenvalue weighted by atomic mass is 14.3. The fourth-order valence-electron chi connectivity index (χ4n) is 1.52. The molecular weight excluding hydrogens is 204 g/mol. The minimum atomic E-state index is 0.432. The SMILES string of the molecule is C=C(C)C(C)C(C)(C)CCCC.CC=C(C)C. The highest BCUT2D eigenvalue weighted by molar-refractivity contribution is 5.00. The second kappa shape index (κ2) is 9.50. The molecule has 0 aliphatic heterocycles. The van der Waals surface area contributed by atoms with Crippen LogP contribution in [0, 0.1) is 11.3 Å². The van der Waals surface area contributed by atoms with E-state index in [1.807, 2.05) is 6.92 Å². The van der Waals surface area contributed by atoms with E-state index in [0.29, 0.717) is 11.3 Å². The monoisotopic (exact) mass is 238 g/mol. The average Bonchev–Trinajstić information content (AvgIpc) is 2.25. The quantitative estimate of drug-likeness (QED) is 0.487. The summed E-state index contributed by atoms with van der Waals surface area (Å²) in [7, 11) is 0. The molecule has 1 atom stereocenters. The lowest BCUT2D eigenvalue weighted by Crippen LogP contribution is -2.22. The van der Waals surface area contributed by atoms with Crippen molar-refractivity contribution in [3.63, 3.8) is 0 Å².